The first-order chi connectivity index (χ1) is 7.47. The predicted octanol–water partition coefficient (Wildman–Crippen LogP) is 3.89. The summed E-state index contributed by atoms with van der Waals surface area (Å²) < 4.78 is 35.7. The van der Waals surface area contributed by atoms with Crippen molar-refractivity contribution >= 4 is 0 Å². The summed E-state index contributed by atoms with van der Waals surface area (Å²) in [4.78, 5) is 0. The summed E-state index contributed by atoms with van der Waals surface area (Å²) in [5.74, 6) is 0.947. The first-order valence-corrected chi connectivity index (χ1v) is 6.27. The molecule has 0 radical (unpaired) electrons. The van der Waals surface area contributed by atoms with Crippen molar-refractivity contribution in [1.82, 2.24) is 5.32 Å². The van der Waals surface area contributed by atoms with Crippen molar-refractivity contribution in [2.75, 3.05) is 6.54 Å². The van der Waals surface area contributed by atoms with Crippen LogP contribution in [0, 0.1) is 5.92 Å². The highest BCUT2D eigenvalue weighted by Crippen LogP contribution is 2.33. The van der Waals surface area contributed by atoms with E-state index >= 15 is 0 Å². The fraction of sp³-hybridized carbons (Fsp3) is 1.00. The van der Waals surface area contributed by atoms with Crippen LogP contribution in [0.25, 0.3) is 0 Å². The Morgan fingerprint density at radius 3 is 2.50 bits per heavy atom. The third-order valence-corrected chi connectivity index (χ3v) is 3.08. The molecule has 1 aliphatic rings. The number of alkyl halides is 3. The van der Waals surface area contributed by atoms with Gasteiger partial charge in [0.15, 0.2) is 0 Å². The average Bonchev–Trinajstić information content (AvgIpc) is 2.94. The molecular weight excluding hydrogens is 215 g/mol. The van der Waals surface area contributed by atoms with Gasteiger partial charge in [-0.3, -0.25) is 0 Å². The molecule has 4 heteroatoms. The molecular formula is C12H22F3N. The topological polar surface area (TPSA) is 12.0 Å². The zero-order valence-corrected chi connectivity index (χ0v) is 9.95. The SMILES string of the molecule is CC(CCCC(F)(F)F)NCCCC1CC1. The van der Waals surface area contributed by atoms with Gasteiger partial charge in [0, 0.05) is 12.5 Å². The zero-order valence-electron chi connectivity index (χ0n) is 9.95. The lowest BCUT2D eigenvalue weighted by atomic mass is 10.1. The van der Waals surface area contributed by atoms with Crippen molar-refractivity contribution in [3.05, 3.63) is 0 Å². The molecule has 0 heterocycles. The van der Waals surface area contributed by atoms with E-state index in [1.165, 1.54) is 19.3 Å². The van der Waals surface area contributed by atoms with Crippen LogP contribution >= 0.6 is 0 Å². The molecule has 0 aromatic heterocycles. The third kappa shape index (κ3) is 7.97. The Morgan fingerprint density at radius 1 is 1.25 bits per heavy atom. The molecule has 1 atom stereocenters. The first-order valence-electron chi connectivity index (χ1n) is 6.27. The quantitative estimate of drug-likeness (QED) is 0.631. The van der Waals surface area contributed by atoms with Crippen molar-refractivity contribution in [3.63, 3.8) is 0 Å². The van der Waals surface area contributed by atoms with Gasteiger partial charge in [0.2, 0.25) is 0 Å². The van der Waals surface area contributed by atoms with Crippen LogP contribution in [0.2, 0.25) is 0 Å². The van der Waals surface area contributed by atoms with E-state index in [0.29, 0.717) is 6.42 Å². The van der Waals surface area contributed by atoms with Crippen molar-refractivity contribution in [3.8, 4) is 0 Å². The van der Waals surface area contributed by atoms with E-state index in [0.717, 1.165) is 18.9 Å². The lowest BCUT2D eigenvalue weighted by Crippen LogP contribution is -2.27. The van der Waals surface area contributed by atoms with E-state index in [-0.39, 0.29) is 12.5 Å². The number of hydrogen-bond acceptors (Lipinski definition) is 1. The van der Waals surface area contributed by atoms with Gasteiger partial charge >= 0.3 is 6.18 Å². The van der Waals surface area contributed by atoms with Crippen LogP contribution in [-0.4, -0.2) is 18.8 Å². The van der Waals surface area contributed by atoms with Crippen molar-refractivity contribution < 1.29 is 13.2 Å². The van der Waals surface area contributed by atoms with E-state index in [2.05, 4.69) is 5.32 Å². The molecule has 0 bridgehead atoms. The Balaban J connectivity index is 1.87. The molecule has 0 aromatic rings. The van der Waals surface area contributed by atoms with Crippen LogP contribution in [0.15, 0.2) is 0 Å². The zero-order chi connectivity index (χ0) is 12.0. The number of rotatable bonds is 8. The lowest BCUT2D eigenvalue weighted by Gasteiger charge is -2.14. The van der Waals surface area contributed by atoms with Crippen LogP contribution in [0.5, 0.6) is 0 Å². The Labute approximate surface area is 95.8 Å². The van der Waals surface area contributed by atoms with Gasteiger partial charge < -0.3 is 5.32 Å². The van der Waals surface area contributed by atoms with Crippen LogP contribution in [0.4, 0.5) is 13.2 Å². The largest absolute Gasteiger partial charge is 0.389 e. The van der Waals surface area contributed by atoms with E-state index in [1.807, 2.05) is 6.92 Å². The average molecular weight is 237 g/mol. The Morgan fingerprint density at radius 2 is 1.94 bits per heavy atom. The lowest BCUT2D eigenvalue weighted by molar-refractivity contribution is -0.135. The summed E-state index contributed by atoms with van der Waals surface area (Å²) in [7, 11) is 0. The summed E-state index contributed by atoms with van der Waals surface area (Å²) in [5, 5.41) is 3.28. The fourth-order valence-electron chi connectivity index (χ4n) is 1.86. The normalized spacial score (nSPS) is 18.8. The molecule has 1 N–H and O–H groups in total. The van der Waals surface area contributed by atoms with E-state index in [4.69, 9.17) is 0 Å². The van der Waals surface area contributed by atoms with Gasteiger partial charge in [-0.1, -0.05) is 12.8 Å². The smallest absolute Gasteiger partial charge is 0.314 e. The molecule has 1 aliphatic carbocycles. The summed E-state index contributed by atoms with van der Waals surface area (Å²) in [5.41, 5.74) is 0. The van der Waals surface area contributed by atoms with Gasteiger partial charge in [-0.05, 0) is 45.1 Å². The number of halogens is 3. The molecule has 0 aliphatic heterocycles. The molecule has 0 amide bonds. The van der Waals surface area contributed by atoms with E-state index in [9.17, 15) is 13.2 Å². The Kier molecular flexibility index (Phi) is 5.59. The maximum atomic E-state index is 11.9. The predicted molar refractivity (Wildman–Crippen MR) is 59.3 cm³/mol. The molecule has 1 fully saturated rings. The molecule has 0 spiro atoms. The highest BCUT2D eigenvalue weighted by atomic mass is 19.4. The molecule has 1 rings (SSSR count). The highest BCUT2D eigenvalue weighted by Gasteiger charge is 2.26. The van der Waals surface area contributed by atoms with Gasteiger partial charge in [0.05, 0.1) is 0 Å². The van der Waals surface area contributed by atoms with Crippen molar-refractivity contribution in [2.45, 2.75) is 64.1 Å². The molecule has 96 valence electrons. The molecule has 1 saturated carbocycles. The van der Waals surface area contributed by atoms with Crippen LogP contribution in [0.3, 0.4) is 0 Å². The molecule has 16 heavy (non-hydrogen) atoms. The van der Waals surface area contributed by atoms with E-state index < -0.39 is 12.6 Å². The minimum absolute atomic E-state index is 0.210. The standard InChI is InChI=1S/C12H22F3N/c1-10(4-2-8-12(13,14)15)16-9-3-5-11-6-7-11/h10-11,16H,2-9H2,1H3. The fourth-order valence-corrected chi connectivity index (χ4v) is 1.86. The summed E-state index contributed by atoms with van der Waals surface area (Å²) in [6.45, 7) is 2.91. The second kappa shape index (κ2) is 6.48. The number of hydrogen-bond donors (Lipinski definition) is 1. The Bertz CT molecular complexity index is 187. The van der Waals surface area contributed by atoms with Gasteiger partial charge in [0.1, 0.15) is 0 Å². The Hall–Kier alpha value is -0.250. The summed E-state index contributed by atoms with van der Waals surface area (Å²) in [6.07, 6.45) is 1.40. The maximum Gasteiger partial charge on any atom is 0.389 e. The van der Waals surface area contributed by atoms with Crippen molar-refractivity contribution in [2.24, 2.45) is 5.92 Å². The minimum atomic E-state index is -3.99. The molecule has 1 nitrogen and oxygen atoms in total. The van der Waals surface area contributed by atoms with E-state index in [1.54, 1.807) is 0 Å². The molecule has 0 saturated heterocycles. The molecule has 0 aromatic carbocycles. The van der Waals surface area contributed by atoms with Gasteiger partial charge in [0.25, 0.3) is 0 Å². The summed E-state index contributed by atoms with van der Waals surface area (Å²) in [6, 6.07) is 0.210. The first kappa shape index (κ1) is 13.8. The van der Waals surface area contributed by atoms with Gasteiger partial charge in [-0.15, -0.1) is 0 Å². The highest BCUT2D eigenvalue weighted by molar-refractivity contribution is 4.73. The maximum absolute atomic E-state index is 11.9. The van der Waals surface area contributed by atoms with Crippen LogP contribution < -0.4 is 5.32 Å². The second-order valence-corrected chi connectivity index (χ2v) is 4.95. The van der Waals surface area contributed by atoms with Crippen LogP contribution in [-0.2, 0) is 0 Å². The molecule has 1 unspecified atom stereocenters. The summed E-state index contributed by atoms with van der Waals surface area (Å²) >= 11 is 0. The van der Waals surface area contributed by atoms with Crippen molar-refractivity contribution in [1.29, 1.82) is 0 Å². The van der Waals surface area contributed by atoms with Gasteiger partial charge in [-0.2, -0.15) is 13.2 Å². The van der Waals surface area contributed by atoms with Gasteiger partial charge in [-0.25, -0.2) is 0 Å². The monoisotopic (exact) mass is 237 g/mol. The third-order valence-electron chi connectivity index (χ3n) is 3.08. The second-order valence-electron chi connectivity index (χ2n) is 4.95. The van der Waals surface area contributed by atoms with Crippen LogP contribution in [0.1, 0.15) is 51.9 Å². The minimum Gasteiger partial charge on any atom is -0.314 e. The number of nitrogens with one attached hydrogen (secondary N) is 1.